The van der Waals surface area contributed by atoms with E-state index < -0.39 is 18.1 Å². The van der Waals surface area contributed by atoms with E-state index in [1.807, 2.05) is 25.1 Å². The second-order valence-electron chi connectivity index (χ2n) is 5.31. The lowest BCUT2D eigenvalue weighted by molar-refractivity contribution is -0.183. The molecule has 1 aromatic carbocycles. The fourth-order valence-corrected chi connectivity index (χ4v) is 2.50. The van der Waals surface area contributed by atoms with Crippen molar-refractivity contribution in [3.05, 3.63) is 29.8 Å². The smallest absolute Gasteiger partial charge is 0.324 e. The molecule has 0 aromatic heterocycles. The minimum absolute atomic E-state index is 0.0958. The van der Waals surface area contributed by atoms with Gasteiger partial charge in [-0.05, 0) is 37.0 Å². The number of piperidine rings is 1. The number of hydrogen-bond acceptors (Lipinski definition) is 1. The van der Waals surface area contributed by atoms with Crippen molar-refractivity contribution in [1.82, 2.24) is 4.90 Å². The lowest BCUT2D eigenvalue weighted by Crippen LogP contribution is -2.46. The maximum atomic E-state index is 12.7. The third-order valence-electron chi connectivity index (χ3n) is 3.76. The van der Waals surface area contributed by atoms with Crippen LogP contribution in [0.15, 0.2) is 24.3 Å². The summed E-state index contributed by atoms with van der Waals surface area (Å²) in [4.78, 5) is 13.3. The van der Waals surface area contributed by atoms with Crippen LogP contribution in [0.4, 0.5) is 23.7 Å². The summed E-state index contributed by atoms with van der Waals surface area (Å²) >= 11 is 0. The van der Waals surface area contributed by atoms with E-state index in [1.165, 1.54) is 4.90 Å². The summed E-state index contributed by atoms with van der Waals surface area (Å²) in [5.74, 6) is -1.42. The maximum absolute atomic E-state index is 12.7. The van der Waals surface area contributed by atoms with Gasteiger partial charge >= 0.3 is 12.2 Å². The van der Waals surface area contributed by atoms with Crippen molar-refractivity contribution in [2.24, 2.45) is 5.92 Å². The van der Waals surface area contributed by atoms with E-state index in [-0.39, 0.29) is 13.0 Å². The van der Waals surface area contributed by atoms with Crippen molar-refractivity contribution >= 4 is 11.7 Å². The number of rotatable bonds is 2. The minimum Gasteiger partial charge on any atom is -0.324 e. The van der Waals surface area contributed by atoms with Gasteiger partial charge in [0.05, 0.1) is 5.92 Å². The first-order valence-corrected chi connectivity index (χ1v) is 7.11. The SMILES string of the molecule is CCc1cccc(NC(=O)N2CCCC(C(F)(F)F)C2)c1. The fraction of sp³-hybridized carbons (Fsp3) is 0.533. The molecule has 1 aliphatic rings. The molecule has 0 spiro atoms. The van der Waals surface area contributed by atoms with Crippen molar-refractivity contribution in [2.75, 3.05) is 18.4 Å². The van der Waals surface area contributed by atoms with Crippen LogP contribution < -0.4 is 5.32 Å². The Bertz CT molecular complexity index is 502. The molecule has 0 bridgehead atoms. The number of carbonyl (C=O) groups excluding carboxylic acids is 1. The zero-order chi connectivity index (χ0) is 15.5. The highest BCUT2D eigenvalue weighted by molar-refractivity contribution is 5.89. The largest absolute Gasteiger partial charge is 0.393 e. The van der Waals surface area contributed by atoms with Gasteiger partial charge < -0.3 is 10.2 Å². The molecule has 3 nitrogen and oxygen atoms in total. The predicted molar refractivity (Wildman–Crippen MR) is 75.2 cm³/mol. The molecule has 2 amide bonds. The molecule has 1 atom stereocenters. The van der Waals surface area contributed by atoms with E-state index in [0.717, 1.165) is 12.0 Å². The first-order valence-electron chi connectivity index (χ1n) is 7.11. The number of benzene rings is 1. The van der Waals surface area contributed by atoms with Gasteiger partial charge in [-0.1, -0.05) is 19.1 Å². The van der Waals surface area contributed by atoms with Gasteiger partial charge in [-0.25, -0.2) is 4.79 Å². The van der Waals surface area contributed by atoms with Crippen LogP contribution in [0.25, 0.3) is 0 Å². The van der Waals surface area contributed by atoms with Crippen LogP contribution in [0.2, 0.25) is 0 Å². The Hall–Kier alpha value is -1.72. The molecular weight excluding hydrogens is 281 g/mol. The number of carbonyl (C=O) groups is 1. The summed E-state index contributed by atoms with van der Waals surface area (Å²) in [6, 6.07) is 6.88. The third-order valence-corrected chi connectivity index (χ3v) is 3.76. The van der Waals surface area contributed by atoms with E-state index in [0.29, 0.717) is 18.7 Å². The van der Waals surface area contributed by atoms with Gasteiger partial charge in [0.2, 0.25) is 0 Å². The molecule has 1 aromatic rings. The summed E-state index contributed by atoms with van der Waals surface area (Å²) in [6.07, 6.45) is -2.92. The Labute approximate surface area is 122 Å². The zero-order valence-electron chi connectivity index (χ0n) is 11.9. The summed E-state index contributed by atoms with van der Waals surface area (Å²) in [5, 5.41) is 2.68. The predicted octanol–water partition coefficient (Wildman–Crippen LogP) is 4.06. The van der Waals surface area contributed by atoms with Gasteiger partial charge in [0.15, 0.2) is 0 Å². The van der Waals surface area contributed by atoms with E-state index >= 15 is 0 Å². The van der Waals surface area contributed by atoms with Crippen molar-refractivity contribution in [1.29, 1.82) is 0 Å². The Morgan fingerprint density at radius 2 is 2.19 bits per heavy atom. The van der Waals surface area contributed by atoms with Crippen LogP contribution in [0.3, 0.4) is 0 Å². The van der Waals surface area contributed by atoms with E-state index in [9.17, 15) is 18.0 Å². The number of alkyl halides is 3. The molecule has 6 heteroatoms. The van der Waals surface area contributed by atoms with E-state index in [2.05, 4.69) is 5.32 Å². The summed E-state index contributed by atoms with van der Waals surface area (Å²) in [7, 11) is 0. The Morgan fingerprint density at radius 1 is 1.43 bits per heavy atom. The van der Waals surface area contributed by atoms with Gasteiger partial charge in [0, 0.05) is 18.8 Å². The average molecular weight is 300 g/mol. The molecular formula is C15H19F3N2O. The van der Waals surface area contributed by atoms with Gasteiger partial charge in [-0.2, -0.15) is 13.2 Å². The second kappa shape index (κ2) is 6.37. The highest BCUT2D eigenvalue weighted by Crippen LogP contribution is 2.33. The minimum atomic E-state index is -4.24. The molecule has 0 radical (unpaired) electrons. The molecule has 1 N–H and O–H groups in total. The number of nitrogens with zero attached hydrogens (tertiary/aromatic N) is 1. The molecule has 0 aliphatic carbocycles. The molecule has 2 rings (SSSR count). The first kappa shape index (κ1) is 15.7. The number of hydrogen-bond donors (Lipinski definition) is 1. The molecule has 1 fully saturated rings. The van der Waals surface area contributed by atoms with E-state index in [1.54, 1.807) is 6.07 Å². The van der Waals surface area contributed by atoms with Crippen molar-refractivity contribution in [3.63, 3.8) is 0 Å². The molecule has 1 saturated heterocycles. The standard InChI is InChI=1S/C15H19F3N2O/c1-2-11-5-3-7-13(9-11)19-14(21)20-8-4-6-12(10-20)15(16,17)18/h3,5,7,9,12H,2,4,6,8,10H2,1H3,(H,19,21). The number of nitrogens with one attached hydrogen (secondary N) is 1. The molecule has 0 saturated carbocycles. The fourth-order valence-electron chi connectivity index (χ4n) is 2.50. The highest BCUT2D eigenvalue weighted by Gasteiger charge is 2.42. The van der Waals surface area contributed by atoms with Crippen LogP contribution in [0.1, 0.15) is 25.3 Å². The highest BCUT2D eigenvalue weighted by atomic mass is 19.4. The van der Waals surface area contributed by atoms with Crippen molar-refractivity contribution < 1.29 is 18.0 Å². The quantitative estimate of drug-likeness (QED) is 0.878. The molecule has 1 heterocycles. The van der Waals surface area contributed by atoms with Gasteiger partial charge in [0.1, 0.15) is 0 Å². The lowest BCUT2D eigenvalue weighted by Gasteiger charge is -2.33. The first-order chi connectivity index (χ1) is 9.90. The van der Waals surface area contributed by atoms with Crippen LogP contribution in [0.5, 0.6) is 0 Å². The van der Waals surface area contributed by atoms with Gasteiger partial charge in [0.25, 0.3) is 0 Å². The van der Waals surface area contributed by atoms with Crippen LogP contribution >= 0.6 is 0 Å². The number of likely N-dealkylation sites (tertiary alicyclic amines) is 1. The Morgan fingerprint density at radius 3 is 2.86 bits per heavy atom. The van der Waals surface area contributed by atoms with Gasteiger partial charge in [-0.3, -0.25) is 0 Å². The van der Waals surface area contributed by atoms with Crippen molar-refractivity contribution in [3.8, 4) is 0 Å². The summed E-state index contributed by atoms with van der Waals surface area (Å²) in [6.45, 7) is 2.11. The number of amides is 2. The topological polar surface area (TPSA) is 32.3 Å². The van der Waals surface area contributed by atoms with Crippen LogP contribution in [-0.4, -0.2) is 30.2 Å². The number of urea groups is 1. The van der Waals surface area contributed by atoms with Gasteiger partial charge in [-0.15, -0.1) is 0 Å². The zero-order valence-corrected chi connectivity index (χ0v) is 11.9. The van der Waals surface area contributed by atoms with Crippen LogP contribution in [0, 0.1) is 5.92 Å². The number of anilines is 1. The van der Waals surface area contributed by atoms with Crippen LogP contribution in [-0.2, 0) is 6.42 Å². The number of halogens is 3. The molecule has 21 heavy (non-hydrogen) atoms. The van der Waals surface area contributed by atoms with Crippen molar-refractivity contribution in [2.45, 2.75) is 32.4 Å². The Balaban J connectivity index is 1.99. The lowest BCUT2D eigenvalue weighted by atomic mass is 9.98. The second-order valence-corrected chi connectivity index (χ2v) is 5.31. The monoisotopic (exact) mass is 300 g/mol. The number of aryl methyl sites for hydroxylation is 1. The molecule has 116 valence electrons. The summed E-state index contributed by atoms with van der Waals surface area (Å²) < 4.78 is 38.2. The third kappa shape index (κ3) is 4.12. The Kier molecular flexibility index (Phi) is 4.75. The average Bonchev–Trinajstić information content (AvgIpc) is 2.46. The molecule has 1 aliphatic heterocycles. The van der Waals surface area contributed by atoms with E-state index in [4.69, 9.17) is 0 Å². The maximum Gasteiger partial charge on any atom is 0.393 e. The normalized spacial score (nSPS) is 19.4. The summed E-state index contributed by atoms with van der Waals surface area (Å²) in [5.41, 5.74) is 1.69. The molecule has 1 unspecified atom stereocenters.